The average molecular weight is 281 g/mol. The minimum Gasteiger partial charge on any atom is -0.356 e. The van der Waals surface area contributed by atoms with Crippen LogP contribution in [0.5, 0.6) is 0 Å². The van der Waals surface area contributed by atoms with Gasteiger partial charge in [0.15, 0.2) is 0 Å². The van der Waals surface area contributed by atoms with E-state index in [4.69, 9.17) is 5.73 Å². The zero-order chi connectivity index (χ0) is 13.7. The van der Waals surface area contributed by atoms with Gasteiger partial charge in [0.25, 0.3) is 0 Å². The maximum absolute atomic E-state index is 11.9. The van der Waals surface area contributed by atoms with E-state index in [1.165, 1.54) is 6.42 Å². The third-order valence-electron chi connectivity index (χ3n) is 3.73. The summed E-state index contributed by atoms with van der Waals surface area (Å²) in [5.41, 5.74) is 7.07. The van der Waals surface area contributed by atoms with E-state index in [0.717, 1.165) is 42.8 Å². The normalized spacial score (nSPS) is 18.2. The van der Waals surface area contributed by atoms with Gasteiger partial charge in [-0.1, -0.05) is 19.3 Å². The molecule has 0 atom stereocenters. The molecule has 1 saturated carbocycles. The lowest BCUT2D eigenvalue weighted by Gasteiger charge is -2.32. The summed E-state index contributed by atoms with van der Waals surface area (Å²) in [6.07, 6.45) is 6.78. The summed E-state index contributed by atoms with van der Waals surface area (Å²) in [6, 6.07) is 0. The smallest absolute Gasteiger partial charge is 0.221 e. The molecular weight excluding hydrogens is 258 g/mol. The molecule has 0 spiro atoms. The molecule has 5 heteroatoms. The third kappa shape index (κ3) is 4.58. The Morgan fingerprint density at radius 1 is 1.47 bits per heavy atom. The van der Waals surface area contributed by atoms with Crippen LogP contribution in [-0.2, 0) is 11.2 Å². The minimum absolute atomic E-state index is 0.0800. The molecule has 0 aromatic carbocycles. The molecule has 0 bridgehead atoms. The first-order valence-corrected chi connectivity index (χ1v) is 7.92. The van der Waals surface area contributed by atoms with Gasteiger partial charge in [-0.2, -0.15) is 0 Å². The Morgan fingerprint density at radius 3 is 2.84 bits per heavy atom. The molecule has 1 aliphatic carbocycles. The summed E-state index contributed by atoms with van der Waals surface area (Å²) in [5, 5.41) is 6.08. The van der Waals surface area contributed by atoms with E-state index in [2.05, 4.69) is 10.3 Å². The van der Waals surface area contributed by atoms with Crippen molar-refractivity contribution in [3.8, 4) is 0 Å². The van der Waals surface area contributed by atoms with E-state index in [0.29, 0.717) is 13.0 Å². The van der Waals surface area contributed by atoms with E-state index in [9.17, 15) is 4.79 Å². The van der Waals surface area contributed by atoms with Gasteiger partial charge >= 0.3 is 0 Å². The van der Waals surface area contributed by atoms with Crippen molar-refractivity contribution in [2.24, 2.45) is 5.73 Å². The van der Waals surface area contributed by atoms with Gasteiger partial charge in [-0.05, 0) is 19.8 Å². The second-order valence-electron chi connectivity index (χ2n) is 5.56. The van der Waals surface area contributed by atoms with Gasteiger partial charge in [-0.15, -0.1) is 11.3 Å². The van der Waals surface area contributed by atoms with Crippen LogP contribution in [0, 0.1) is 6.92 Å². The fraction of sp³-hybridized carbons (Fsp3) is 0.714. The van der Waals surface area contributed by atoms with Gasteiger partial charge in [0, 0.05) is 30.3 Å². The molecule has 0 radical (unpaired) electrons. The van der Waals surface area contributed by atoms with Crippen LogP contribution >= 0.6 is 11.3 Å². The molecule has 4 nitrogen and oxygen atoms in total. The number of thiazole rings is 1. The molecule has 1 heterocycles. The van der Waals surface area contributed by atoms with Gasteiger partial charge in [0.2, 0.25) is 5.91 Å². The van der Waals surface area contributed by atoms with Crippen molar-refractivity contribution < 1.29 is 4.79 Å². The minimum atomic E-state index is -0.264. The molecular formula is C14H23N3OS. The van der Waals surface area contributed by atoms with E-state index in [-0.39, 0.29) is 11.4 Å². The first kappa shape index (κ1) is 14.5. The van der Waals surface area contributed by atoms with Crippen molar-refractivity contribution in [1.82, 2.24) is 10.3 Å². The summed E-state index contributed by atoms with van der Waals surface area (Å²) >= 11 is 1.65. The standard InChI is InChI=1S/C14H23N3OS/c1-11-17-12(10-19-11)5-8-16-13(18)9-14(15)6-3-2-4-7-14/h10H,2-9,15H2,1H3,(H,16,18). The summed E-state index contributed by atoms with van der Waals surface area (Å²) in [5.74, 6) is 0.0800. The van der Waals surface area contributed by atoms with Gasteiger partial charge in [0.05, 0.1) is 10.7 Å². The first-order chi connectivity index (χ1) is 9.07. The maximum Gasteiger partial charge on any atom is 0.221 e. The molecule has 106 valence electrons. The Bertz CT molecular complexity index is 424. The fourth-order valence-corrected chi connectivity index (χ4v) is 3.32. The topological polar surface area (TPSA) is 68.0 Å². The molecule has 3 N–H and O–H groups in total. The Balaban J connectivity index is 1.69. The number of aryl methyl sites for hydroxylation is 1. The number of amides is 1. The van der Waals surface area contributed by atoms with Crippen LogP contribution in [0.2, 0.25) is 0 Å². The zero-order valence-corrected chi connectivity index (χ0v) is 12.4. The molecule has 0 aliphatic heterocycles. The van der Waals surface area contributed by atoms with Crippen LogP contribution in [0.3, 0.4) is 0 Å². The van der Waals surface area contributed by atoms with Crippen molar-refractivity contribution >= 4 is 17.2 Å². The molecule has 1 aliphatic rings. The zero-order valence-electron chi connectivity index (χ0n) is 11.6. The van der Waals surface area contributed by atoms with Crippen molar-refractivity contribution in [2.75, 3.05) is 6.54 Å². The van der Waals surface area contributed by atoms with Gasteiger partial charge in [-0.25, -0.2) is 4.98 Å². The number of hydrogen-bond acceptors (Lipinski definition) is 4. The lowest BCUT2D eigenvalue weighted by molar-refractivity contribution is -0.122. The van der Waals surface area contributed by atoms with E-state index in [1.54, 1.807) is 11.3 Å². The second kappa shape index (κ2) is 6.48. The maximum atomic E-state index is 11.9. The number of nitrogens with one attached hydrogen (secondary N) is 1. The van der Waals surface area contributed by atoms with Crippen molar-refractivity contribution in [3.63, 3.8) is 0 Å². The lowest BCUT2D eigenvalue weighted by atomic mass is 9.80. The SMILES string of the molecule is Cc1nc(CCNC(=O)CC2(N)CCCCC2)cs1. The number of nitrogens with zero attached hydrogens (tertiary/aromatic N) is 1. The molecule has 1 aromatic heterocycles. The van der Waals surface area contributed by atoms with E-state index < -0.39 is 0 Å². The predicted molar refractivity (Wildman–Crippen MR) is 78.2 cm³/mol. The van der Waals surface area contributed by atoms with Crippen LogP contribution in [0.4, 0.5) is 0 Å². The molecule has 0 unspecified atom stereocenters. The highest BCUT2D eigenvalue weighted by Crippen LogP contribution is 2.28. The van der Waals surface area contributed by atoms with Crippen LogP contribution in [0.25, 0.3) is 0 Å². The van der Waals surface area contributed by atoms with Crippen molar-refractivity contribution in [3.05, 3.63) is 16.1 Å². The molecule has 1 fully saturated rings. The van der Waals surface area contributed by atoms with Gasteiger partial charge in [-0.3, -0.25) is 4.79 Å². The van der Waals surface area contributed by atoms with Gasteiger partial charge < -0.3 is 11.1 Å². The van der Waals surface area contributed by atoms with Crippen LogP contribution < -0.4 is 11.1 Å². The lowest BCUT2D eigenvalue weighted by Crippen LogP contribution is -2.46. The van der Waals surface area contributed by atoms with E-state index >= 15 is 0 Å². The summed E-state index contributed by atoms with van der Waals surface area (Å²) < 4.78 is 0. The molecule has 2 rings (SSSR count). The highest BCUT2D eigenvalue weighted by Gasteiger charge is 2.29. The van der Waals surface area contributed by atoms with Crippen molar-refractivity contribution in [2.45, 2.75) is 57.4 Å². The third-order valence-corrected chi connectivity index (χ3v) is 4.55. The second-order valence-corrected chi connectivity index (χ2v) is 6.62. The number of carbonyl (C=O) groups is 1. The van der Waals surface area contributed by atoms with Gasteiger partial charge in [0.1, 0.15) is 0 Å². The largest absolute Gasteiger partial charge is 0.356 e. The molecule has 1 aromatic rings. The fourth-order valence-electron chi connectivity index (χ4n) is 2.67. The number of carbonyl (C=O) groups excluding carboxylic acids is 1. The Morgan fingerprint density at radius 2 is 2.21 bits per heavy atom. The number of rotatable bonds is 5. The average Bonchev–Trinajstić information content (AvgIpc) is 2.75. The Labute approximate surface area is 118 Å². The Kier molecular flexibility index (Phi) is 4.93. The quantitative estimate of drug-likeness (QED) is 0.869. The van der Waals surface area contributed by atoms with E-state index in [1.807, 2.05) is 12.3 Å². The van der Waals surface area contributed by atoms with Crippen LogP contribution in [-0.4, -0.2) is 23.0 Å². The number of hydrogen-bond donors (Lipinski definition) is 2. The number of nitrogens with two attached hydrogens (primary N) is 1. The summed E-state index contributed by atoms with van der Waals surface area (Å²) in [7, 11) is 0. The summed E-state index contributed by atoms with van der Waals surface area (Å²) in [6.45, 7) is 2.64. The highest BCUT2D eigenvalue weighted by molar-refractivity contribution is 7.09. The monoisotopic (exact) mass is 281 g/mol. The first-order valence-electron chi connectivity index (χ1n) is 7.04. The molecule has 0 saturated heterocycles. The predicted octanol–water partition coefficient (Wildman–Crippen LogP) is 2.16. The van der Waals surface area contributed by atoms with Crippen molar-refractivity contribution in [1.29, 1.82) is 0 Å². The Hall–Kier alpha value is -0.940. The van der Waals surface area contributed by atoms with Crippen LogP contribution in [0.15, 0.2) is 5.38 Å². The number of aromatic nitrogens is 1. The van der Waals surface area contributed by atoms with Crippen LogP contribution in [0.1, 0.15) is 49.2 Å². The molecule has 19 heavy (non-hydrogen) atoms. The summed E-state index contributed by atoms with van der Waals surface area (Å²) in [4.78, 5) is 16.3. The molecule has 1 amide bonds. The highest BCUT2D eigenvalue weighted by atomic mass is 32.1.